The number of aromatic nitrogens is 2. The molecule has 0 spiro atoms. The Bertz CT molecular complexity index is 1370. The van der Waals surface area contributed by atoms with Crippen LogP contribution >= 0.6 is 0 Å². The summed E-state index contributed by atoms with van der Waals surface area (Å²) in [5.41, 5.74) is 12.2. The molecular formula is C26H26N6O. The first-order chi connectivity index (χ1) is 15.9. The summed E-state index contributed by atoms with van der Waals surface area (Å²) >= 11 is 0. The second kappa shape index (κ2) is 8.09. The minimum atomic E-state index is -0.0407. The van der Waals surface area contributed by atoms with E-state index < -0.39 is 0 Å². The topological polar surface area (TPSA) is 91.2 Å². The third kappa shape index (κ3) is 3.71. The molecule has 33 heavy (non-hydrogen) atoms. The van der Waals surface area contributed by atoms with E-state index in [1.807, 2.05) is 79.7 Å². The van der Waals surface area contributed by atoms with Gasteiger partial charge in [-0.1, -0.05) is 42.5 Å². The molecule has 2 heterocycles. The summed E-state index contributed by atoms with van der Waals surface area (Å²) < 4.78 is 2.08. The maximum Gasteiger partial charge on any atom is 0.328 e. The molecule has 0 saturated carbocycles. The zero-order chi connectivity index (χ0) is 23.1. The van der Waals surface area contributed by atoms with Crippen LogP contribution < -0.4 is 15.5 Å². The first-order valence-electron chi connectivity index (χ1n) is 10.9. The maximum atomic E-state index is 13.2. The van der Waals surface area contributed by atoms with Gasteiger partial charge in [-0.25, -0.2) is 9.78 Å². The number of imidazole rings is 1. The predicted molar refractivity (Wildman–Crippen MR) is 132 cm³/mol. The Hall–Kier alpha value is -4.13. The largest absolute Gasteiger partial charge is 0.384 e. The monoisotopic (exact) mass is 438 g/mol. The van der Waals surface area contributed by atoms with Crippen molar-refractivity contribution < 1.29 is 4.79 Å². The van der Waals surface area contributed by atoms with Gasteiger partial charge in [-0.3, -0.25) is 15.2 Å². The average molecular weight is 439 g/mol. The Balaban J connectivity index is 1.39. The number of amidine groups is 1. The number of urea groups is 1. The molecule has 0 aliphatic carbocycles. The molecule has 1 aromatic heterocycles. The molecule has 0 radical (unpaired) electrons. The number of carbonyl (C=O) groups is 1. The van der Waals surface area contributed by atoms with E-state index in [0.29, 0.717) is 18.5 Å². The van der Waals surface area contributed by atoms with Gasteiger partial charge < -0.3 is 10.3 Å². The molecule has 0 bridgehead atoms. The van der Waals surface area contributed by atoms with E-state index in [-0.39, 0.29) is 11.9 Å². The van der Waals surface area contributed by atoms with Crippen LogP contribution in [0.2, 0.25) is 0 Å². The van der Waals surface area contributed by atoms with E-state index in [0.717, 1.165) is 40.2 Å². The van der Waals surface area contributed by atoms with Crippen LogP contribution in [0.5, 0.6) is 0 Å². The van der Waals surface area contributed by atoms with Crippen LogP contribution in [0.25, 0.3) is 11.0 Å². The zero-order valence-corrected chi connectivity index (χ0v) is 18.7. The van der Waals surface area contributed by atoms with Crippen LogP contribution in [0.3, 0.4) is 0 Å². The third-order valence-electron chi connectivity index (χ3n) is 6.38. The second-order valence-corrected chi connectivity index (χ2v) is 8.42. The van der Waals surface area contributed by atoms with Gasteiger partial charge in [0.05, 0.1) is 11.0 Å². The van der Waals surface area contributed by atoms with Crippen LogP contribution in [-0.2, 0) is 19.9 Å². The summed E-state index contributed by atoms with van der Waals surface area (Å²) in [5.74, 6) is 0.994. The quantitative estimate of drug-likeness (QED) is 0.372. The van der Waals surface area contributed by atoms with Crippen molar-refractivity contribution in [3.05, 3.63) is 89.2 Å². The third-order valence-corrected chi connectivity index (χ3v) is 6.38. The highest BCUT2D eigenvalue weighted by Crippen LogP contribution is 2.30. The fourth-order valence-electron chi connectivity index (χ4n) is 4.42. The molecule has 166 valence electrons. The highest BCUT2D eigenvalue weighted by Gasteiger charge is 2.27. The summed E-state index contributed by atoms with van der Waals surface area (Å²) in [4.78, 5) is 21.6. The van der Waals surface area contributed by atoms with E-state index in [1.165, 1.54) is 5.56 Å². The van der Waals surface area contributed by atoms with Gasteiger partial charge in [0.15, 0.2) is 0 Å². The lowest BCUT2D eigenvalue weighted by Gasteiger charge is -2.25. The van der Waals surface area contributed by atoms with Crippen molar-refractivity contribution in [3.8, 4) is 0 Å². The molecule has 3 aromatic carbocycles. The lowest BCUT2D eigenvalue weighted by molar-refractivity contribution is 0.253. The predicted octanol–water partition coefficient (Wildman–Crippen LogP) is 4.07. The number of amides is 2. The normalized spacial score (nSPS) is 12.7. The number of nitrogens with zero attached hydrogens (tertiary/aromatic N) is 4. The average Bonchev–Trinajstić information content (AvgIpc) is 3.39. The highest BCUT2D eigenvalue weighted by molar-refractivity contribution is 6.05. The number of para-hydroxylation sites is 1. The van der Waals surface area contributed by atoms with E-state index in [4.69, 9.17) is 16.1 Å². The Morgan fingerprint density at radius 1 is 1.12 bits per heavy atom. The number of rotatable bonds is 4. The molecule has 2 amide bonds. The summed E-state index contributed by atoms with van der Waals surface area (Å²) in [6, 6.07) is 21.6. The van der Waals surface area contributed by atoms with E-state index in [9.17, 15) is 4.79 Å². The Kier molecular flexibility index (Phi) is 5.09. The number of hydrogen-bond acceptors (Lipinski definition) is 3. The van der Waals surface area contributed by atoms with Gasteiger partial charge in [0.2, 0.25) is 0 Å². The van der Waals surface area contributed by atoms with Crippen molar-refractivity contribution in [2.45, 2.75) is 12.8 Å². The Morgan fingerprint density at radius 3 is 2.64 bits per heavy atom. The van der Waals surface area contributed by atoms with Gasteiger partial charge in [-0.2, -0.15) is 0 Å². The first kappa shape index (κ1) is 20.8. The number of hydrogen-bond donors (Lipinski definition) is 2. The van der Waals surface area contributed by atoms with E-state index >= 15 is 0 Å². The van der Waals surface area contributed by atoms with E-state index in [1.54, 1.807) is 4.90 Å². The van der Waals surface area contributed by atoms with Crippen LogP contribution in [0.15, 0.2) is 66.7 Å². The molecule has 0 atom stereocenters. The van der Waals surface area contributed by atoms with Crippen molar-refractivity contribution >= 4 is 34.3 Å². The van der Waals surface area contributed by atoms with Crippen LogP contribution in [0.1, 0.15) is 22.5 Å². The summed E-state index contributed by atoms with van der Waals surface area (Å²) in [5, 5.41) is 7.54. The number of aryl methyl sites for hydroxylation is 1. The maximum absolute atomic E-state index is 13.2. The fraction of sp³-hybridized carbons (Fsp3) is 0.192. The number of nitrogens with two attached hydrogens (primary N) is 1. The van der Waals surface area contributed by atoms with Crippen molar-refractivity contribution in [1.29, 1.82) is 5.41 Å². The molecule has 5 rings (SSSR count). The first-order valence-corrected chi connectivity index (χ1v) is 10.9. The van der Waals surface area contributed by atoms with Crippen LogP contribution in [0, 0.1) is 5.41 Å². The van der Waals surface area contributed by atoms with Crippen molar-refractivity contribution in [1.82, 2.24) is 9.55 Å². The van der Waals surface area contributed by atoms with Gasteiger partial charge >= 0.3 is 6.03 Å². The fourth-order valence-corrected chi connectivity index (χ4v) is 4.42. The van der Waals surface area contributed by atoms with Gasteiger partial charge in [0, 0.05) is 44.0 Å². The number of fused-ring (bicyclic) bond motifs is 2. The highest BCUT2D eigenvalue weighted by atomic mass is 16.2. The van der Waals surface area contributed by atoms with Gasteiger partial charge in [-0.05, 0) is 41.8 Å². The van der Waals surface area contributed by atoms with Gasteiger partial charge in [0.25, 0.3) is 0 Å². The van der Waals surface area contributed by atoms with E-state index in [2.05, 4.69) is 10.6 Å². The standard InChI is InChI=1S/C26H26N6O/c1-30(26(33)32-14-13-18-5-3-4-6-22(18)32)20-11-12-23-21(16-20)29-24(31(23)2)15-17-7-9-19(10-8-17)25(27)28/h3-12,16H,13-15H2,1-2H3,(H3,27,28). The number of nitrogen functional groups attached to an aromatic ring is 1. The smallest absolute Gasteiger partial charge is 0.328 e. The molecule has 7 heteroatoms. The molecule has 0 fully saturated rings. The van der Waals surface area contributed by atoms with Crippen LogP contribution in [-0.4, -0.2) is 35.0 Å². The summed E-state index contributed by atoms with van der Waals surface area (Å²) in [7, 11) is 3.81. The molecule has 0 saturated heterocycles. The minimum Gasteiger partial charge on any atom is -0.384 e. The van der Waals surface area contributed by atoms with Gasteiger partial charge in [-0.15, -0.1) is 0 Å². The Morgan fingerprint density at radius 2 is 1.88 bits per heavy atom. The lowest BCUT2D eigenvalue weighted by atomic mass is 10.1. The van der Waals surface area contributed by atoms with Crippen LogP contribution in [0.4, 0.5) is 16.2 Å². The summed E-state index contributed by atoms with van der Waals surface area (Å²) in [6.45, 7) is 0.695. The SMILES string of the molecule is CN(C(=O)N1CCc2ccccc21)c1ccc2c(c1)nc(Cc1ccc(C(=N)N)cc1)n2C. The van der Waals surface area contributed by atoms with Gasteiger partial charge in [0.1, 0.15) is 11.7 Å². The van der Waals surface area contributed by atoms with Crippen molar-refractivity contribution in [2.75, 3.05) is 23.4 Å². The van der Waals surface area contributed by atoms with Crippen molar-refractivity contribution in [3.63, 3.8) is 0 Å². The minimum absolute atomic E-state index is 0.0407. The Labute approximate surface area is 192 Å². The number of nitrogens with one attached hydrogen (secondary N) is 1. The number of carbonyl (C=O) groups excluding carboxylic acids is 1. The molecule has 0 unspecified atom stereocenters. The molecule has 3 N–H and O–H groups in total. The van der Waals surface area contributed by atoms with Crippen molar-refractivity contribution in [2.24, 2.45) is 12.8 Å². The number of anilines is 2. The lowest BCUT2D eigenvalue weighted by Crippen LogP contribution is -2.40. The molecule has 7 nitrogen and oxygen atoms in total. The summed E-state index contributed by atoms with van der Waals surface area (Å²) in [6.07, 6.45) is 1.55. The molecule has 4 aromatic rings. The number of benzene rings is 3. The molecule has 1 aliphatic rings. The second-order valence-electron chi connectivity index (χ2n) is 8.42. The molecule has 1 aliphatic heterocycles. The molecular weight excluding hydrogens is 412 g/mol. The zero-order valence-electron chi connectivity index (χ0n) is 18.7.